The first kappa shape index (κ1) is 15.0. The monoisotopic (exact) mass is 289 g/mol. The van der Waals surface area contributed by atoms with E-state index in [1.165, 1.54) is 0 Å². The van der Waals surface area contributed by atoms with Crippen molar-refractivity contribution >= 4 is 11.6 Å². The molecule has 0 bridgehead atoms. The lowest BCUT2D eigenvalue weighted by Gasteiger charge is -2.13. The average Bonchev–Trinajstić information content (AvgIpc) is 2.92. The number of benzene rings is 1. The molecule has 1 atom stereocenters. The van der Waals surface area contributed by atoms with Crippen LogP contribution in [0.5, 0.6) is 5.75 Å². The Labute approximate surface area is 123 Å². The molecule has 1 aromatic carbocycles. The van der Waals surface area contributed by atoms with Crippen LogP contribution in [0.15, 0.2) is 30.6 Å². The smallest absolute Gasteiger partial charge is 0.238 e. The summed E-state index contributed by atoms with van der Waals surface area (Å²) in [7, 11) is 3.47. The lowest BCUT2D eigenvalue weighted by Crippen LogP contribution is -2.31. The molecular weight excluding hydrogens is 270 g/mol. The Kier molecular flexibility index (Phi) is 4.89. The minimum absolute atomic E-state index is 0.0564. The molecule has 1 amide bonds. The van der Waals surface area contributed by atoms with Crippen molar-refractivity contribution in [3.63, 3.8) is 0 Å². The third-order valence-electron chi connectivity index (χ3n) is 3.08. The zero-order valence-corrected chi connectivity index (χ0v) is 12.3. The van der Waals surface area contributed by atoms with E-state index in [2.05, 4.69) is 20.8 Å². The molecule has 112 valence electrons. The normalized spacial score (nSPS) is 12.0. The van der Waals surface area contributed by atoms with Gasteiger partial charge in [0.15, 0.2) is 0 Å². The quantitative estimate of drug-likeness (QED) is 0.832. The van der Waals surface area contributed by atoms with Crippen LogP contribution in [-0.4, -0.2) is 34.3 Å². The Morgan fingerprint density at radius 2 is 2.10 bits per heavy atom. The highest BCUT2D eigenvalue weighted by atomic mass is 16.5. The molecule has 2 rings (SSSR count). The van der Waals surface area contributed by atoms with E-state index >= 15 is 0 Å². The lowest BCUT2D eigenvalue weighted by molar-refractivity contribution is -0.115. The van der Waals surface area contributed by atoms with Gasteiger partial charge in [-0.3, -0.25) is 10.1 Å². The molecule has 1 unspecified atom stereocenters. The van der Waals surface area contributed by atoms with Crippen molar-refractivity contribution in [3.8, 4) is 5.75 Å². The van der Waals surface area contributed by atoms with Crippen LogP contribution < -0.4 is 15.4 Å². The number of rotatable bonds is 6. The van der Waals surface area contributed by atoms with Crippen molar-refractivity contribution in [1.82, 2.24) is 20.1 Å². The first-order chi connectivity index (χ1) is 10.1. The van der Waals surface area contributed by atoms with Gasteiger partial charge in [-0.25, -0.2) is 0 Å². The van der Waals surface area contributed by atoms with Gasteiger partial charge in [-0.05, 0) is 31.2 Å². The molecule has 0 aliphatic heterocycles. The summed E-state index contributed by atoms with van der Waals surface area (Å²) in [6.45, 7) is 2.13. The van der Waals surface area contributed by atoms with E-state index in [4.69, 9.17) is 4.74 Å². The second kappa shape index (κ2) is 6.85. The number of hydrogen-bond acceptors (Lipinski definition) is 5. The lowest BCUT2D eigenvalue weighted by atomic mass is 10.3. The average molecular weight is 289 g/mol. The summed E-state index contributed by atoms with van der Waals surface area (Å²) < 4.78 is 6.88. The van der Waals surface area contributed by atoms with Crippen LogP contribution in [0, 0.1) is 0 Å². The predicted octanol–water partition coefficient (Wildman–Crippen LogP) is 1.11. The first-order valence-corrected chi connectivity index (χ1v) is 6.61. The van der Waals surface area contributed by atoms with E-state index < -0.39 is 0 Å². The Morgan fingerprint density at radius 3 is 2.67 bits per heavy atom. The topological polar surface area (TPSA) is 81.1 Å². The molecule has 1 heterocycles. The van der Waals surface area contributed by atoms with Gasteiger partial charge in [-0.2, -0.15) is 0 Å². The Balaban J connectivity index is 1.83. The van der Waals surface area contributed by atoms with Gasteiger partial charge in [0.05, 0.1) is 19.7 Å². The molecule has 0 spiro atoms. The van der Waals surface area contributed by atoms with E-state index in [0.29, 0.717) is 0 Å². The highest BCUT2D eigenvalue weighted by Gasteiger charge is 2.12. The van der Waals surface area contributed by atoms with Gasteiger partial charge in [0.25, 0.3) is 0 Å². The van der Waals surface area contributed by atoms with Crippen LogP contribution in [-0.2, 0) is 11.8 Å². The van der Waals surface area contributed by atoms with Crippen molar-refractivity contribution in [2.24, 2.45) is 7.05 Å². The zero-order chi connectivity index (χ0) is 15.2. The van der Waals surface area contributed by atoms with Crippen molar-refractivity contribution in [2.75, 3.05) is 19.0 Å². The fourth-order valence-corrected chi connectivity index (χ4v) is 1.90. The van der Waals surface area contributed by atoms with Gasteiger partial charge in [0, 0.05) is 12.7 Å². The number of nitrogens with zero attached hydrogens (tertiary/aromatic N) is 3. The number of methoxy groups -OCH3 is 1. The van der Waals surface area contributed by atoms with E-state index in [9.17, 15) is 4.79 Å². The van der Waals surface area contributed by atoms with E-state index in [1.807, 2.05) is 18.5 Å². The first-order valence-electron chi connectivity index (χ1n) is 6.61. The molecule has 0 fully saturated rings. The maximum atomic E-state index is 11.9. The van der Waals surface area contributed by atoms with Crippen LogP contribution in [0.4, 0.5) is 5.69 Å². The molecule has 2 N–H and O–H groups in total. The molecule has 0 saturated heterocycles. The van der Waals surface area contributed by atoms with Crippen LogP contribution >= 0.6 is 0 Å². The number of aryl methyl sites for hydroxylation is 1. The SMILES string of the molecule is COc1ccc(NC(=O)CNC(C)c2nncn2C)cc1. The molecule has 0 aliphatic carbocycles. The number of carbonyl (C=O) groups is 1. The fourth-order valence-electron chi connectivity index (χ4n) is 1.90. The van der Waals surface area contributed by atoms with Crippen LogP contribution in [0.3, 0.4) is 0 Å². The van der Waals surface area contributed by atoms with Gasteiger partial charge in [0.1, 0.15) is 17.9 Å². The van der Waals surface area contributed by atoms with Crippen molar-refractivity contribution in [2.45, 2.75) is 13.0 Å². The third-order valence-corrected chi connectivity index (χ3v) is 3.08. The van der Waals surface area contributed by atoms with Crippen molar-refractivity contribution < 1.29 is 9.53 Å². The van der Waals surface area contributed by atoms with E-state index in [0.717, 1.165) is 17.3 Å². The number of nitrogens with one attached hydrogen (secondary N) is 2. The Bertz CT molecular complexity index is 594. The van der Waals surface area contributed by atoms with E-state index in [-0.39, 0.29) is 18.5 Å². The van der Waals surface area contributed by atoms with E-state index in [1.54, 1.807) is 37.7 Å². The maximum absolute atomic E-state index is 11.9. The van der Waals surface area contributed by atoms with Gasteiger partial charge >= 0.3 is 0 Å². The zero-order valence-electron chi connectivity index (χ0n) is 12.3. The molecule has 21 heavy (non-hydrogen) atoms. The maximum Gasteiger partial charge on any atom is 0.238 e. The second-order valence-electron chi connectivity index (χ2n) is 4.68. The summed E-state index contributed by atoms with van der Waals surface area (Å²) >= 11 is 0. The number of ether oxygens (including phenoxy) is 1. The van der Waals surface area contributed by atoms with Crippen LogP contribution in [0.25, 0.3) is 0 Å². The summed E-state index contributed by atoms with van der Waals surface area (Å²) in [5, 5.41) is 13.7. The van der Waals surface area contributed by atoms with Crippen LogP contribution in [0.1, 0.15) is 18.8 Å². The summed E-state index contributed by atoms with van der Waals surface area (Å²) in [5.74, 6) is 1.42. The number of amides is 1. The fraction of sp³-hybridized carbons (Fsp3) is 0.357. The van der Waals surface area contributed by atoms with Gasteiger partial charge in [-0.1, -0.05) is 0 Å². The third kappa shape index (κ3) is 4.03. The minimum Gasteiger partial charge on any atom is -0.497 e. The van der Waals surface area contributed by atoms with Crippen LogP contribution in [0.2, 0.25) is 0 Å². The highest BCUT2D eigenvalue weighted by Crippen LogP contribution is 2.14. The van der Waals surface area contributed by atoms with Gasteiger partial charge < -0.3 is 14.6 Å². The minimum atomic E-state index is -0.116. The standard InChI is InChI=1S/C14H19N5O2/c1-10(14-18-16-9-19(14)2)15-8-13(20)17-11-4-6-12(21-3)7-5-11/h4-7,9-10,15H,8H2,1-3H3,(H,17,20). The molecule has 0 saturated carbocycles. The van der Waals surface area contributed by atoms with Crippen molar-refractivity contribution in [3.05, 3.63) is 36.4 Å². The number of aromatic nitrogens is 3. The molecule has 0 radical (unpaired) electrons. The molecule has 1 aromatic heterocycles. The van der Waals surface area contributed by atoms with Gasteiger partial charge in [-0.15, -0.1) is 10.2 Å². The highest BCUT2D eigenvalue weighted by molar-refractivity contribution is 5.92. The molecular formula is C14H19N5O2. The second-order valence-corrected chi connectivity index (χ2v) is 4.68. The largest absolute Gasteiger partial charge is 0.497 e. The molecule has 7 nitrogen and oxygen atoms in total. The van der Waals surface area contributed by atoms with Gasteiger partial charge in [0.2, 0.25) is 5.91 Å². The summed E-state index contributed by atoms with van der Waals surface area (Å²) in [6, 6.07) is 7.13. The summed E-state index contributed by atoms with van der Waals surface area (Å²) in [4.78, 5) is 11.9. The Hall–Kier alpha value is -2.41. The molecule has 0 aliphatic rings. The van der Waals surface area contributed by atoms with Crippen molar-refractivity contribution in [1.29, 1.82) is 0 Å². The number of anilines is 1. The molecule has 7 heteroatoms. The number of carbonyl (C=O) groups excluding carboxylic acids is 1. The summed E-state index contributed by atoms with van der Waals surface area (Å²) in [5.41, 5.74) is 0.730. The summed E-state index contributed by atoms with van der Waals surface area (Å²) in [6.07, 6.45) is 1.63. The Morgan fingerprint density at radius 1 is 1.38 bits per heavy atom. The number of hydrogen-bond donors (Lipinski definition) is 2. The molecule has 2 aromatic rings. The predicted molar refractivity (Wildman–Crippen MR) is 79.0 cm³/mol.